The fourth-order valence-corrected chi connectivity index (χ4v) is 4.39. The molecule has 2 N–H and O–H groups in total. The first-order chi connectivity index (χ1) is 11.7. The molecular weight excluding hydrogens is 292 g/mol. The molecule has 0 amide bonds. The van der Waals surface area contributed by atoms with Crippen molar-refractivity contribution in [1.82, 2.24) is 0 Å². The van der Waals surface area contributed by atoms with Gasteiger partial charge in [0.05, 0.1) is 0 Å². The predicted molar refractivity (Wildman–Crippen MR) is 104 cm³/mol. The van der Waals surface area contributed by atoms with Crippen molar-refractivity contribution < 1.29 is 0 Å². The zero-order valence-electron chi connectivity index (χ0n) is 15.3. The number of allylic oxidation sites excluding steroid dienone is 2. The predicted octanol–water partition coefficient (Wildman–Crippen LogP) is 5.43. The Kier molecular flexibility index (Phi) is 5.89. The van der Waals surface area contributed by atoms with Crippen molar-refractivity contribution in [2.45, 2.75) is 77.2 Å². The van der Waals surface area contributed by atoms with Gasteiger partial charge in [-0.05, 0) is 81.4 Å². The average Bonchev–Trinajstić information content (AvgIpc) is 2.53. The number of hydrogen-bond acceptors (Lipinski definition) is 2. The molecule has 2 heteroatoms. The SMILES string of the molecule is Cc1cccc(C(/C2=C/CCCCC=N2)C2CCCC(N)C2)c1C. The van der Waals surface area contributed by atoms with Gasteiger partial charge in [-0.1, -0.05) is 30.7 Å². The summed E-state index contributed by atoms with van der Waals surface area (Å²) in [6.07, 6.45) is 14.2. The summed E-state index contributed by atoms with van der Waals surface area (Å²) in [7, 11) is 0. The first-order valence-electron chi connectivity index (χ1n) is 9.71. The fraction of sp³-hybridized carbons (Fsp3) is 0.591. The zero-order chi connectivity index (χ0) is 16.9. The van der Waals surface area contributed by atoms with Crippen LogP contribution < -0.4 is 5.73 Å². The van der Waals surface area contributed by atoms with Crippen LogP contribution in [0.3, 0.4) is 0 Å². The molecule has 3 atom stereocenters. The highest BCUT2D eigenvalue weighted by Gasteiger charge is 2.31. The van der Waals surface area contributed by atoms with Gasteiger partial charge in [-0.2, -0.15) is 0 Å². The molecule has 0 saturated heterocycles. The Labute approximate surface area is 147 Å². The molecule has 2 aliphatic rings. The first kappa shape index (κ1) is 17.4. The van der Waals surface area contributed by atoms with Crippen LogP contribution in [0.5, 0.6) is 0 Å². The summed E-state index contributed by atoms with van der Waals surface area (Å²) in [5.74, 6) is 1.03. The van der Waals surface area contributed by atoms with Crippen LogP contribution in [0.2, 0.25) is 0 Å². The summed E-state index contributed by atoms with van der Waals surface area (Å²) in [4.78, 5) is 4.93. The van der Waals surface area contributed by atoms with E-state index < -0.39 is 0 Å². The highest BCUT2D eigenvalue weighted by Crippen LogP contribution is 2.42. The molecule has 0 radical (unpaired) electrons. The van der Waals surface area contributed by atoms with Crippen LogP contribution >= 0.6 is 0 Å². The van der Waals surface area contributed by atoms with E-state index in [-0.39, 0.29) is 0 Å². The maximum absolute atomic E-state index is 6.34. The van der Waals surface area contributed by atoms with E-state index in [1.165, 1.54) is 54.5 Å². The molecule has 1 aliphatic carbocycles. The summed E-state index contributed by atoms with van der Waals surface area (Å²) in [5.41, 5.74) is 11.9. The molecule has 3 rings (SSSR count). The summed E-state index contributed by atoms with van der Waals surface area (Å²) >= 11 is 0. The van der Waals surface area contributed by atoms with Crippen LogP contribution in [0.1, 0.15) is 74.0 Å². The Balaban J connectivity index is 2.01. The van der Waals surface area contributed by atoms with Crippen molar-refractivity contribution in [3.8, 4) is 0 Å². The first-order valence-corrected chi connectivity index (χ1v) is 9.71. The number of benzene rings is 1. The van der Waals surface area contributed by atoms with Crippen LogP contribution in [0.15, 0.2) is 35.0 Å². The number of aliphatic imine (C=N–C) groups is 1. The van der Waals surface area contributed by atoms with Crippen LogP contribution in [-0.2, 0) is 0 Å². The summed E-state index contributed by atoms with van der Waals surface area (Å²) in [6.45, 7) is 4.49. The maximum Gasteiger partial charge on any atom is 0.0437 e. The minimum absolute atomic E-state index is 0.356. The molecule has 24 heavy (non-hydrogen) atoms. The summed E-state index contributed by atoms with van der Waals surface area (Å²) in [6, 6.07) is 7.11. The van der Waals surface area contributed by atoms with E-state index in [0.717, 1.165) is 19.3 Å². The van der Waals surface area contributed by atoms with Crippen molar-refractivity contribution in [2.24, 2.45) is 16.6 Å². The van der Waals surface area contributed by atoms with Gasteiger partial charge in [0, 0.05) is 23.9 Å². The second kappa shape index (κ2) is 8.11. The fourth-order valence-electron chi connectivity index (χ4n) is 4.39. The molecule has 1 aromatic rings. The monoisotopic (exact) mass is 324 g/mol. The van der Waals surface area contributed by atoms with E-state index in [0.29, 0.717) is 17.9 Å². The Morgan fingerprint density at radius 2 is 1.92 bits per heavy atom. The van der Waals surface area contributed by atoms with Gasteiger partial charge in [0.15, 0.2) is 0 Å². The number of rotatable bonds is 3. The van der Waals surface area contributed by atoms with Gasteiger partial charge in [0.25, 0.3) is 0 Å². The lowest BCUT2D eigenvalue weighted by Gasteiger charge is -2.35. The second-order valence-electron chi connectivity index (χ2n) is 7.68. The van der Waals surface area contributed by atoms with E-state index in [1.54, 1.807) is 0 Å². The number of hydrogen-bond donors (Lipinski definition) is 1. The van der Waals surface area contributed by atoms with Gasteiger partial charge in [-0.15, -0.1) is 0 Å². The largest absolute Gasteiger partial charge is 0.328 e. The molecule has 1 aromatic carbocycles. The third kappa shape index (κ3) is 3.97. The molecule has 3 unspecified atom stereocenters. The van der Waals surface area contributed by atoms with E-state index in [1.807, 2.05) is 0 Å². The highest BCUT2D eigenvalue weighted by atomic mass is 14.8. The van der Waals surface area contributed by atoms with Crippen molar-refractivity contribution in [3.63, 3.8) is 0 Å². The van der Waals surface area contributed by atoms with E-state index in [9.17, 15) is 0 Å². The Morgan fingerprint density at radius 3 is 2.75 bits per heavy atom. The Morgan fingerprint density at radius 1 is 1.08 bits per heavy atom. The smallest absolute Gasteiger partial charge is 0.0437 e. The van der Waals surface area contributed by atoms with E-state index >= 15 is 0 Å². The van der Waals surface area contributed by atoms with Gasteiger partial charge < -0.3 is 5.73 Å². The van der Waals surface area contributed by atoms with Crippen LogP contribution in [-0.4, -0.2) is 12.3 Å². The lowest BCUT2D eigenvalue weighted by Crippen LogP contribution is -2.31. The lowest BCUT2D eigenvalue weighted by molar-refractivity contribution is 0.293. The van der Waals surface area contributed by atoms with Gasteiger partial charge in [0.2, 0.25) is 0 Å². The quantitative estimate of drug-likeness (QED) is 0.790. The van der Waals surface area contributed by atoms with Crippen molar-refractivity contribution >= 4 is 6.21 Å². The Bertz CT molecular complexity index is 614. The van der Waals surface area contributed by atoms with E-state index in [2.05, 4.69) is 44.3 Å². The molecular formula is C22H32N2. The summed E-state index contributed by atoms with van der Waals surface area (Å²) in [5, 5.41) is 0. The van der Waals surface area contributed by atoms with Crippen LogP contribution in [0, 0.1) is 19.8 Å². The molecule has 1 heterocycles. The third-order valence-electron chi connectivity index (χ3n) is 5.91. The molecule has 1 fully saturated rings. The van der Waals surface area contributed by atoms with E-state index in [4.69, 9.17) is 10.7 Å². The van der Waals surface area contributed by atoms with Crippen molar-refractivity contribution in [1.29, 1.82) is 0 Å². The lowest BCUT2D eigenvalue weighted by atomic mass is 9.72. The molecule has 1 saturated carbocycles. The van der Waals surface area contributed by atoms with Crippen molar-refractivity contribution in [3.05, 3.63) is 46.7 Å². The standard InChI is InChI=1S/C22H32N2/c1-16-9-7-12-20(17(16)2)22(18-10-8-11-19(23)15-18)21-13-5-3-4-6-14-24-21/h7,9,12-14,18-19,22H,3-6,8,10-11,15,23H2,1-2H3/b21-13-,24-14?. The number of aryl methyl sites for hydroxylation is 1. The molecule has 1 aliphatic heterocycles. The maximum atomic E-state index is 6.34. The molecule has 0 spiro atoms. The van der Waals surface area contributed by atoms with Crippen LogP contribution in [0.4, 0.5) is 0 Å². The summed E-state index contributed by atoms with van der Waals surface area (Å²) < 4.78 is 0. The third-order valence-corrected chi connectivity index (χ3v) is 5.91. The molecule has 130 valence electrons. The van der Waals surface area contributed by atoms with Gasteiger partial charge in [-0.3, -0.25) is 4.99 Å². The number of nitrogens with zero attached hydrogens (tertiary/aromatic N) is 1. The number of nitrogens with two attached hydrogens (primary N) is 1. The topological polar surface area (TPSA) is 38.4 Å². The molecule has 2 nitrogen and oxygen atoms in total. The zero-order valence-corrected chi connectivity index (χ0v) is 15.3. The highest BCUT2D eigenvalue weighted by molar-refractivity contribution is 5.60. The normalized spacial score (nSPS) is 28.5. The average molecular weight is 325 g/mol. The molecule has 0 bridgehead atoms. The van der Waals surface area contributed by atoms with Crippen LogP contribution in [0.25, 0.3) is 0 Å². The minimum atomic E-state index is 0.356. The van der Waals surface area contributed by atoms with Gasteiger partial charge in [0.1, 0.15) is 0 Å². The van der Waals surface area contributed by atoms with Gasteiger partial charge in [-0.25, -0.2) is 0 Å². The molecule has 0 aromatic heterocycles. The minimum Gasteiger partial charge on any atom is -0.328 e. The van der Waals surface area contributed by atoms with Gasteiger partial charge >= 0.3 is 0 Å². The van der Waals surface area contributed by atoms with Crippen molar-refractivity contribution in [2.75, 3.05) is 0 Å². The Hall–Kier alpha value is -1.41. The second-order valence-corrected chi connectivity index (χ2v) is 7.68.